The first-order valence-corrected chi connectivity index (χ1v) is 6.61. The second-order valence-corrected chi connectivity index (χ2v) is 4.99. The standard InChI is InChI=1S/C16H16O3/c17-16(18)15-7-3-6-14(19-15)13-9-8-11-4-1-2-5-12(11)10-13/h1-2,4-5,8-10,14-15H,3,6-7H2,(H,17,18)/t14-,15+/m0/s1. The van der Waals surface area contributed by atoms with Gasteiger partial charge in [0.2, 0.25) is 0 Å². The molecule has 0 saturated carbocycles. The van der Waals surface area contributed by atoms with Gasteiger partial charge in [0.05, 0.1) is 6.10 Å². The third kappa shape index (κ3) is 2.47. The molecule has 1 heterocycles. The van der Waals surface area contributed by atoms with E-state index in [2.05, 4.69) is 24.3 Å². The molecule has 0 radical (unpaired) electrons. The van der Waals surface area contributed by atoms with Crippen LogP contribution in [-0.2, 0) is 9.53 Å². The van der Waals surface area contributed by atoms with Gasteiger partial charge in [-0.05, 0) is 41.7 Å². The number of aliphatic carboxylic acids is 1. The molecule has 1 saturated heterocycles. The fraction of sp³-hybridized carbons (Fsp3) is 0.312. The normalized spacial score (nSPS) is 23.4. The van der Waals surface area contributed by atoms with E-state index in [1.54, 1.807) is 0 Å². The minimum Gasteiger partial charge on any atom is -0.479 e. The topological polar surface area (TPSA) is 46.5 Å². The van der Waals surface area contributed by atoms with E-state index in [9.17, 15) is 4.79 Å². The highest BCUT2D eigenvalue weighted by Crippen LogP contribution is 2.32. The van der Waals surface area contributed by atoms with Crippen molar-refractivity contribution in [2.75, 3.05) is 0 Å². The van der Waals surface area contributed by atoms with E-state index < -0.39 is 12.1 Å². The minimum atomic E-state index is -0.856. The Labute approximate surface area is 111 Å². The number of hydrogen-bond donors (Lipinski definition) is 1. The number of hydrogen-bond acceptors (Lipinski definition) is 2. The summed E-state index contributed by atoms with van der Waals surface area (Å²) in [4.78, 5) is 11.0. The molecule has 2 aromatic carbocycles. The zero-order valence-electron chi connectivity index (χ0n) is 10.6. The average Bonchev–Trinajstić information content (AvgIpc) is 2.47. The van der Waals surface area contributed by atoms with Crippen molar-refractivity contribution in [2.45, 2.75) is 31.5 Å². The lowest BCUT2D eigenvalue weighted by molar-refractivity contribution is -0.159. The van der Waals surface area contributed by atoms with Crippen molar-refractivity contribution in [3.63, 3.8) is 0 Å². The van der Waals surface area contributed by atoms with Crippen LogP contribution in [0, 0.1) is 0 Å². The maximum absolute atomic E-state index is 11.0. The SMILES string of the molecule is O=C(O)[C@H]1CCC[C@@H](c2ccc3ccccc3c2)O1. The van der Waals surface area contributed by atoms with Gasteiger partial charge in [0.15, 0.2) is 6.10 Å². The number of fused-ring (bicyclic) bond motifs is 1. The summed E-state index contributed by atoms with van der Waals surface area (Å²) in [7, 11) is 0. The van der Waals surface area contributed by atoms with Crippen molar-refractivity contribution in [3.05, 3.63) is 48.0 Å². The third-order valence-electron chi connectivity index (χ3n) is 3.68. The average molecular weight is 256 g/mol. The summed E-state index contributed by atoms with van der Waals surface area (Å²) in [5, 5.41) is 11.4. The Morgan fingerprint density at radius 3 is 2.68 bits per heavy atom. The van der Waals surface area contributed by atoms with Crippen LogP contribution in [0.1, 0.15) is 30.9 Å². The van der Waals surface area contributed by atoms with Crippen LogP contribution in [0.5, 0.6) is 0 Å². The summed E-state index contributed by atoms with van der Waals surface area (Å²) in [5.74, 6) is -0.856. The summed E-state index contributed by atoms with van der Waals surface area (Å²) in [6, 6.07) is 14.4. The number of carboxylic acids is 1. The van der Waals surface area contributed by atoms with Crippen LogP contribution in [0.2, 0.25) is 0 Å². The van der Waals surface area contributed by atoms with Crippen LogP contribution in [0.15, 0.2) is 42.5 Å². The van der Waals surface area contributed by atoms with Gasteiger partial charge in [-0.2, -0.15) is 0 Å². The summed E-state index contributed by atoms with van der Waals surface area (Å²) >= 11 is 0. The maximum atomic E-state index is 11.0. The molecule has 1 fully saturated rings. The first kappa shape index (κ1) is 12.2. The summed E-state index contributed by atoms with van der Waals surface area (Å²) in [6.07, 6.45) is 1.64. The predicted octanol–water partition coefficient (Wildman–Crippen LogP) is 3.53. The molecule has 19 heavy (non-hydrogen) atoms. The fourth-order valence-electron chi connectivity index (χ4n) is 2.66. The van der Waals surface area contributed by atoms with Crippen LogP contribution in [0.3, 0.4) is 0 Å². The smallest absolute Gasteiger partial charge is 0.332 e. The third-order valence-corrected chi connectivity index (χ3v) is 3.68. The molecule has 0 bridgehead atoms. The Balaban J connectivity index is 1.89. The van der Waals surface area contributed by atoms with Gasteiger partial charge in [0, 0.05) is 0 Å². The highest BCUT2D eigenvalue weighted by atomic mass is 16.5. The molecule has 0 aromatic heterocycles. The first-order valence-electron chi connectivity index (χ1n) is 6.61. The van der Waals surface area contributed by atoms with Crippen molar-refractivity contribution in [2.24, 2.45) is 0 Å². The van der Waals surface area contributed by atoms with E-state index in [-0.39, 0.29) is 6.10 Å². The summed E-state index contributed by atoms with van der Waals surface area (Å²) < 4.78 is 5.68. The lowest BCUT2D eigenvalue weighted by Crippen LogP contribution is -2.29. The van der Waals surface area contributed by atoms with Gasteiger partial charge in [-0.25, -0.2) is 4.79 Å². The molecule has 0 spiro atoms. The Hall–Kier alpha value is -1.87. The zero-order valence-corrected chi connectivity index (χ0v) is 10.6. The molecule has 0 amide bonds. The largest absolute Gasteiger partial charge is 0.479 e. The number of rotatable bonds is 2. The molecule has 98 valence electrons. The first-order chi connectivity index (χ1) is 9.24. The maximum Gasteiger partial charge on any atom is 0.332 e. The van der Waals surface area contributed by atoms with E-state index in [1.807, 2.05) is 18.2 Å². The van der Waals surface area contributed by atoms with Gasteiger partial charge in [-0.15, -0.1) is 0 Å². The second kappa shape index (κ2) is 5.02. The van der Waals surface area contributed by atoms with Crippen molar-refractivity contribution in [1.29, 1.82) is 0 Å². The molecule has 3 rings (SSSR count). The highest BCUT2D eigenvalue weighted by Gasteiger charge is 2.28. The molecular weight excluding hydrogens is 240 g/mol. The van der Waals surface area contributed by atoms with E-state index in [1.165, 1.54) is 10.8 Å². The molecule has 3 heteroatoms. The molecule has 3 nitrogen and oxygen atoms in total. The highest BCUT2D eigenvalue weighted by molar-refractivity contribution is 5.83. The van der Waals surface area contributed by atoms with E-state index >= 15 is 0 Å². The number of ether oxygens (including phenoxy) is 1. The Morgan fingerprint density at radius 2 is 1.89 bits per heavy atom. The van der Waals surface area contributed by atoms with Gasteiger partial charge in [0.1, 0.15) is 0 Å². The Morgan fingerprint density at radius 1 is 1.11 bits per heavy atom. The molecule has 0 aliphatic carbocycles. The lowest BCUT2D eigenvalue weighted by atomic mass is 9.96. The monoisotopic (exact) mass is 256 g/mol. The fourth-order valence-corrected chi connectivity index (χ4v) is 2.66. The molecule has 1 aliphatic heterocycles. The number of carbonyl (C=O) groups is 1. The molecular formula is C16H16O3. The van der Waals surface area contributed by atoms with Crippen LogP contribution in [0.25, 0.3) is 10.8 Å². The van der Waals surface area contributed by atoms with Crippen molar-refractivity contribution in [3.8, 4) is 0 Å². The van der Waals surface area contributed by atoms with E-state index in [0.717, 1.165) is 18.4 Å². The molecule has 1 N–H and O–H groups in total. The van der Waals surface area contributed by atoms with Crippen molar-refractivity contribution < 1.29 is 14.6 Å². The molecule has 1 aliphatic rings. The Bertz CT molecular complexity index is 606. The van der Waals surface area contributed by atoms with Crippen molar-refractivity contribution in [1.82, 2.24) is 0 Å². The van der Waals surface area contributed by atoms with Crippen LogP contribution in [-0.4, -0.2) is 17.2 Å². The van der Waals surface area contributed by atoms with Gasteiger partial charge in [0.25, 0.3) is 0 Å². The molecule has 2 atom stereocenters. The Kier molecular flexibility index (Phi) is 3.22. The summed E-state index contributed by atoms with van der Waals surface area (Å²) in [5.41, 5.74) is 1.07. The number of benzene rings is 2. The molecule has 0 unspecified atom stereocenters. The quantitative estimate of drug-likeness (QED) is 0.894. The lowest BCUT2D eigenvalue weighted by Gasteiger charge is -2.28. The van der Waals surface area contributed by atoms with E-state index in [4.69, 9.17) is 9.84 Å². The van der Waals surface area contributed by atoms with Gasteiger partial charge >= 0.3 is 5.97 Å². The van der Waals surface area contributed by atoms with Gasteiger partial charge in [-0.1, -0.05) is 36.4 Å². The molecule has 2 aromatic rings. The van der Waals surface area contributed by atoms with Crippen LogP contribution < -0.4 is 0 Å². The predicted molar refractivity (Wildman–Crippen MR) is 73.0 cm³/mol. The minimum absolute atomic E-state index is 0.0977. The number of carboxylic acid groups (broad SMARTS) is 1. The van der Waals surface area contributed by atoms with Crippen LogP contribution >= 0.6 is 0 Å². The zero-order chi connectivity index (χ0) is 13.2. The van der Waals surface area contributed by atoms with Gasteiger partial charge < -0.3 is 9.84 Å². The second-order valence-electron chi connectivity index (χ2n) is 4.99. The summed E-state index contributed by atoms with van der Waals surface area (Å²) in [6.45, 7) is 0. The van der Waals surface area contributed by atoms with E-state index in [0.29, 0.717) is 6.42 Å². The van der Waals surface area contributed by atoms with Gasteiger partial charge in [-0.3, -0.25) is 0 Å². The van der Waals surface area contributed by atoms with Crippen LogP contribution in [0.4, 0.5) is 0 Å². The van der Waals surface area contributed by atoms with Crippen molar-refractivity contribution >= 4 is 16.7 Å².